The van der Waals surface area contributed by atoms with Gasteiger partial charge in [-0.25, -0.2) is 19.9 Å². The van der Waals surface area contributed by atoms with Crippen molar-refractivity contribution in [1.82, 2.24) is 25.3 Å². The quantitative estimate of drug-likeness (QED) is 0.886. The number of hydrogen-bond acceptors (Lipinski definition) is 6. The lowest BCUT2D eigenvalue weighted by Gasteiger charge is -2.33. The highest BCUT2D eigenvalue weighted by Gasteiger charge is 2.24. The summed E-state index contributed by atoms with van der Waals surface area (Å²) in [7, 11) is 0. The molecular formula is C19H26N6O. The molecule has 1 saturated heterocycles. The Morgan fingerprint density at radius 1 is 1.31 bits per heavy atom. The van der Waals surface area contributed by atoms with Crippen LogP contribution in [0.25, 0.3) is 0 Å². The van der Waals surface area contributed by atoms with Gasteiger partial charge in [-0.2, -0.15) is 0 Å². The van der Waals surface area contributed by atoms with Crippen LogP contribution in [0.1, 0.15) is 48.7 Å². The topological polar surface area (TPSA) is 83.9 Å². The number of nitrogens with zero attached hydrogens (tertiary/aromatic N) is 5. The molecule has 3 rings (SSSR count). The Labute approximate surface area is 154 Å². The van der Waals surface area contributed by atoms with E-state index >= 15 is 0 Å². The molecule has 0 spiro atoms. The maximum absolute atomic E-state index is 12.7. The van der Waals surface area contributed by atoms with E-state index in [1.807, 2.05) is 13.0 Å². The minimum atomic E-state index is -0.138. The summed E-state index contributed by atoms with van der Waals surface area (Å²) in [5.74, 6) is 1.69. The van der Waals surface area contributed by atoms with Gasteiger partial charge < -0.3 is 10.2 Å². The fourth-order valence-corrected chi connectivity index (χ4v) is 3.26. The molecule has 7 nitrogen and oxygen atoms in total. The minimum absolute atomic E-state index is 0.0591. The summed E-state index contributed by atoms with van der Waals surface area (Å²) in [6.07, 6.45) is 6.25. The molecule has 2 aromatic heterocycles. The van der Waals surface area contributed by atoms with Gasteiger partial charge in [-0.15, -0.1) is 0 Å². The van der Waals surface area contributed by atoms with Crippen molar-refractivity contribution in [2.24, 2.45) is 5.92 Å². The van der Waals surface area contributed by atoms with E-state index in [2.05, 4.69) is 44.0 Å². The molecule has 1 atom stereocenters. The second kappa shape index (κ2) is 8.21. The fraction of sp³-hybridized carbons (Fsp3) is 0.526. The molecule has 138 valence electrons. The van der Waals surface area contributed by atoms with E-state index in [1.165, 1.54) is 0 Å². The van der Waals surface area contributed by atoms with Crippen molar-refractivity contribution < 1.29 is 4.79 Å². The normalized spacial score (nSPS) is 17.4. The number of amides is 1. The predicted molar refractivity (Wildman–Crippen MR) is 100 cm³/mol. The van der Waals surface area contributed by atoms with Gasteiger partial charge in [0.2, 0.25) is 5.95 Å². The molecule has 2 aromatic rings. The first-order chi connectivity index (χ1) is 12.5. The lowest BCUT2D eigenvalue weighted by molar-refractivity contribution is 0.0927. The maximum atomic E-state index is 12.7. The Kier molecular flexibility index (Phi) is 5.75. The largest absolute Gasteiger partial charge is 0.346 e. The van der Waals surface area contributed by atoms with Crippen molar-refractivity contribution >= 4 is 11.9 Å². The molecule has 1 amide bonds. The Hall–Kier alpha value is -2.57. The molecule has 1 aliphatic rings. The van der Waals surface area contributed by atoms with Crippen molar-refractivity contribution in [3.8, 4) is 0 Å². The summed E-state index contributed by atoms with van der Waals surface area (Å²) < 4.78 is 0. The third-order valence-electron chi connectivity index (χ3n) is 4.33. The third-order valence-corrected chi connectivity index (χ3v) is 4.33. The SMILES string of the molecule is Cc1nc(CC(C)C)cc(C(=O)NC2CCCN(c3ncccn3)C2)n1. The highest BCUT2D eigenvalue weighted by Crippen LogP contribution is 2.16. The van der Waals surface area contributed by atoms with E-state index in [4.69, 9.17) is 0 Å². The molecule has 1 fully saturated rings. The molecule has 0 saturated carbocycles. The molecule has 0 aliphatic carbocycles. The van der Waals surface area contributed by atoms with Crippen LogP contribution in [0.5, 0.6) is 0 Å². The van der Waals surface area contributed by atoms with Crippen molar-refractivity contribution in [2.45, 2.75) is 46.1 Å². The van der Waals surface area contributed by atoms with Crippen LogP contribution in [0.2, 0.25) is 0 Å². The Balaban J connectivity index is 1.67. The number of rotatable bonds is 5. The van der Waals surface area contributed by atoms with Gasteiger partial charge in [-0.1, -0.05) is 13.8 Å². The second-order valence-electron chi connectivity index (χ2n) is 7.20. The van der Waals surface area contributed by atoms with E-state index in [0.717, 1.165) is 31.5 Å². The van der Waals surface area contributed by atoms with E-state index in [9.17, 15) is 4.79 Å². The summed E-state index contributed by atoms with van der Waals surface area (Å²) in [6, 6.07) is 3.67. The van der Waals surface area contributed by atoms with Crippen LogP contribution in [-0.4, -0.2) is 45.0 Å². The Morgan fingerprint density at radius 2 is 2.08 bits per heavy atom. The average Bonchev–Trinajstić information content (AvgIpc) is 2.61. The van der Waals surface area contributed by atoms with Crippen molar-refractivity contribution in [1.29, 1.82) is 0 Å². The average molecular weight is 354 g/mol. The summed E-state index contributed by atoms with van der Waals surface area (Å²) in [5.41, 5.74) is 1.36. The highest BCUT2D eigenvalue weighted by molar-refractivity contribution is 5.92. The minimum Gasteiger partial charge on any atom is -0.346 e. The number of hydrogen-bond donors (Lipinski definition) is 1. The van der Waals surface area contributed by atoms with Gasteiger partial charge in [0.15, 0.2) is 0 Å². The number of aromatic nitrogens is 4. The standard InChI is InChI=1S/C19H26N6O/c1-13(2)10-16-11-17(23-14(3)22-16)18(26)24-15-6-4-9-25(12-15)19-20-7-5-8-21-19/h5,7-8,11,13,15H,4,6,9-10,12H2,1-3H3,(H,24,26). The zero-order chi connectivity index (χ0) is 18.5. The molecule has 0 aromatic carbocycles. The zero-order valence-corrected chi connectivity index (χ0v) is 15.6. The number of piperidine rings is 1. The molecule has 0 bridgehead atoms. The number of carbonyl (C=O) groups excluding carboxylic acids is 1. The number of carbonyl (C=O) groups is 1. The van der Waals surface area contributed by atoms with Gasteiger partial charge in [0.1, 0.15) is 11.5 Å². The van der Waals surface area contributed by atoms with Crippen LogP contribution in [0.4, 0.5) is 5.95 Å². The Bertz CT molecular complexity index is 749. The molecule has 1 N–H and O–H groups in total. The van der Waals surface area contributed by atoms with Gasteiger partial charge in [0.05, 0.1) is 0 Å². The van der Waals surface area contributed by atoms with Crippen molar-refractivity contribution in [3.63, 3.8) is 0 Å². The molecular weight excluding hydrogens is 328 g/mol. The van der Waals surface area contributed by atoms with Crippen LogP contribution in [0, 0.1) is 12.8 Å². The van der Waals surface area contributed by atoms with Crippen LogP contribution in [0.3, 0.4) is 0 Å². The molecule has 26 heavy (non-hydrogen) atoms. The fourth-order valence-electron chi connectivity index (χ4n) is 3.26. The molecule has 3 heterocycles. The molecule has 1 aliphatic heterocycles. The smallest absolute Gasteiger partial charge is 0.270 e. The van der Waals surface area contributed by atoms with Gasteiger partial charge in [-0.05, 0) is 44.2 Å². The summed E-state index contributed by atoms with van der Waals surface area (Å²) >= 11 is 0. The summed E-state index contributed by atoms with van der Waals surface area (Å²) in [4.78, 5) is 32.2. The first-order valence-corrected chi connectivity index (χ1v) is 9.18. The number of aryl methyl sites for hydroxylation is 1. The van der Waals surface area contributed by atoms with Crippen LogP contribution >= 0.6 is 0 Å². The second-order valence-corrected chi connectivity index (χ2v) is 7.20. The summed E-state index contributed by atoms with van der Waals surface area (Å²) in [6.45, 7) is 7.72. The summed E-state index contributed by atoms with van der Waals surface area (Å²) in [5, 5.41) is 3.12. The molecule has 7 heteroatoms. The first-order valence-electron chi connectivity index (χ1n) is 9.18. The zero-order valence-electron chi connectivity index (χ0n) is 15.6. The monoisotopic (exact) mass is 354 g/mol. The molecule has 0 radical (unpaired) electrons. The molecule has 1 unspecified atom stereocenters. The third kappa shape index (κ3) is 4.74. The van der Waals surface area contributed by atoms with Gasteiger partial charge in [-0.3, -0.25) is 4.79 Å². The van der Waals surface area contributed by atoms with Gasteiger partial charge in [0, 0.05) is 37.2 Å². The van der Waals surface area contributed by atoms with E-state index in [-0.39, 0.29) is 11.9 Å². The maximum Gasteiger partial charge on any atom is 0.270 e. The number of anilines is 1. The highest BCUT2D eigenvalue weighted by atomic mass is 16.2. The lowest BCUT2D eigenvalue weighted by Crippen LogP contribution is -2.48. The van der Waals surface area contributed by atoms with Crippen LogP contribution < -0.4 is 10.2 Å². The first kappa shape index (κ1) is 18.2. The lowest BCUT2D eigenvalue weighted by atomic mass is 10.1. The van der Waals surface area contributed by atoms with E-state index in [1.54, 1.807) is 18.5 Å². The predicted octanol–water partition coefficient (Wildman–Crippen LogP) is 2.17. The van der Waals surface area contributed by atoms with E-state index in [0.29, 0.717) is 29.9 Å². The van der Waals surface area contributed by atoms with Crippen molar-refractivity contribution in [2.75, 3.05) is 18.0 Å². The van der Waals surface area contributed by atoms with E-state index < -0.39 is 0 Å². The van der Waals surface area contributed by atoms with Gasteiger partial charge in [0.25, 0.3) is 5.91 Å². The Morgan fingerprint density at radius 3 is 2.81 bits per heavy atom. The van der Waals surface area contributed by atoms with Crippen LogP contribution in [-0.2, 0) is 6.42 Å². The van der Waals surface area contributed by atoms with Crippen molar-refractivity contribution in [3.05, 3.63) is 41.7 Å². The van der Waals surface area contributed by atoms with Gasteiger partial charge >= 0.3 is 0 Å². The number of nitrogens with one attached hydrogen (secondary N) is 1. The van der Waals surface area contributed by atoms with Crippen LogP contribution in [0.15, 0.2) is 24.5 Å².